The highest BCUT2D eigenvalue weighted by Crippen LogP contribution is 2.35. The Kier molecular flexibility index (Phi) is 6.98. The van der Waals surface area contributed by atoms with Crippen LogP contribution in [0.3, 0.4) is 0 Å². The number of rotatable bonds is 8. The maximum atomic E-state index is 12.6. The van der Waals surface area contributed by atoms with Crippen molar-refractivity contribution in [3.05, 3.63) is 59.7 Å². The van der Waals surface area contributed by atoms with Crippen LogP contribution in [0.15, 0.2) is 48.5 Å². The normalized spacial score (nSPS) is 11.5. The summed E-state index contributed by atoms with van der Waals surface area (Å²) in [6, 6.07) is 16.0. The molecule has 8 nitrogen and oxygen atoms in total. The van der Waals surface area contributed by atoms with E-state index in [0.29, 0.717) is 6.54 Å². The van der Waals surface area contributed by atoms with Gasteiger partial charge in [0.1, 0.15) is 11.4 Å². The molecule has 0 unspecified atom stereocenters. The number of benzene rings is 2. The molecule has 0 aliphatic rings. The second-order valence-electron chi connectivity index (χ2n) is 9.61. The molecule has 184 valence electrons. The van der Waals surface area contributed by atoms with Crippen molar-refractivity contribution in [2.24, 2.45) is 0 Å². The highest BCUT2D eigenvalue weighted by Gasteiger charge is 2.23. The molecule has 0 spiro atoms. The number of fused-ring (bicyclic) bond motifs is 1. The van der Waals surface area contributed by atoms with Gasteiger partial charge in [-0.3, -0.25) is 4.79 Å². The Morgan fingerprint density at radius 1 is 1.17 bits per heavy atom. The van der Waals surface area contributed by atoms with Crippen LogP contribution >= 0.6 is 11.3 Å². The highest BCUT2D eigenvalue weighted by molar-refractivity contribution is 7.20. The molecule has 0 fully saturated rings. The van der Waals surface area contributed by atoms with E-state index in [0.717, 1.165) is 38.5 Å². The second kappa shape index (κ2) is 9.95. The molecular formula is C26H32N6O2S. The number of nitrogens with one attached hydrogen (secondary N) is 2. The first-order chi connectivity index (χ1) is 16.6. The third-order valence-corrected chi connectivity index (χ3v) is 6.35. The zero-order valence-corrected chi connectivity index (χ0v) is 21.9. The summed E-state index contributed by atoms with van der Waals surface area (Å²) in [5, 5.41) is 12.0. The molecule has 2 N–H and O–H groups in total. The number of hydrogen-bond donors (Lipinski definition) is 2. The molecule has 2 aromatic carbocycles. The number of amides is 1. The van der Waals surface area contributed by atoms with E-state index in [-0.39, 0.29) is 18.0 Å². The number of anilines is 2. The Labute approximate surface area is 209 Å². The fraction of sp³-hybridized carbons (Fsp3) is 0.346. The van der Waals surface area contributed by atoms with Crippen LogP contribution in [0.1, 0.15) is 31.9 Å². The summed E-state index contributed by atoms with van der Waals surface area (Å²) in [7, 11) is 3.52. The van der Waals surface area contributed by atoms with Crippen molar-refractivity contribution >= 4 is 33.2 Å². The fourth-order valence-electron chi connectivity index (χ4n) is 3.67. The van der Waals surface area contributed by atoms with Crippen molar-refractivity contribution in [3.8, 4) is 17.0 Å². The number of nitrogens with zero attached hydrogens (tertiary/aromatic N) is 4. The summed E-state index contributed by atoms with van der Waals surface area (Å²) >= 11 is 1.45. The lowest BCUT2D eigenvalue weighted by Gasteiger charge is -2.22. The maximum absolute atomic E-state index is 12.6. The summed E-state index contributed by atoms with van der Waals surface area (Å²) in [6.45, 7) is 9.05. The van der Waals surface area contributed by atoms with Gasteiger partial charge in [-0.1, -0.05) is 41.2 Å². The summed E-state index contributed by atoms with van der Waals surface area (Å²) < 4.78 is 7.12. The van der Waals surface area contributed by atoms with Crippen LogP contribution in [0.2, 0.25) is 0 Å². The van der Waals surface area contributed by atoms with Crippen LogP contribution in [0.25, 0.3) is 16.2 Å². The summed E-state index contributed by atoms with van der Waals surface area (Å²) in [6.07, 6.45) is 0. The van der Waals surface area contributed by atoms with Crippen LogP contribution in [0, 0.1) is 6.92 Å². The van der Waals surface area contributed by atoms with Crippen LogP contribution in [0.5, 0.6) is 5.75 Å². The van der Waals surface area contributed by atoms with Crippen molar-refractivity contribution in [2.45, 2.75) is 39.8 Å². The molecule has 4 aromatic rings. The van der Waals surface area contributed by atoms with Gasteiger partial charge in [-0.2, -0.15) is 4.52 Å². The van der Waals surface area contributed by atoms with E-state index in [2.05, 4.69) is 37.5 Å². The zero-order chi connectivity index (χ0) is 25.2. The largest absolute Gasteiger partial charge is 0.497 e. The van der Waals surface area contributed by atoms with Gasteiger partial charge in [0.05, 0.1) is 13.7 Å². The summed E-state index contributed by atoms with van der Waals surface area (Å²) in [4.78, 5) is 20.0. The van der Waals surface area contributed by atoms with Gasteiger partial charge in [0.15, 0.2) is 5.82 Å². The summed E-state index contributed by atoms with van der Waals surface area (Å²) in [5.74, 6) is 1.55. The molecule has 0 bridgehead atoms. The lowest BCUT2D eigenvalue weighted by molar-refractivity contribution is -0.119. The molecule has 0 atom stereocenters. The molecule has 0 saturated heterocycles. The number of imidazole rings is 1. The maximum Gasteiger partial charge on any atom is 0.239 e. The molecule has 0 aliphatic heterocycles. The van der Waals surface area contributed by atoms with Crippen LogP contribution < -0.4 is 20.3 Å². The molecule has 0 saturated carbocycles. The first-order valence-electron chi connectivity index (χ1n) is 11.5. The highest BCUT2D eigenvalue weighted by atomic mass is 32.1. The quantitative estimate of drug-likeness (QED) is 0.370. The van der Waals surface area contributed by atoms with Gasteiger partial charge >= 0.3 is 0 Å². The van der Waals surface area contributed by atoms with Crippen molar-refractivity contribution in [3.63, 3.8) is 0 Å². The number of aromatic nitrogens is 3. The molecule has 2 aromatic heterocycles. The minimum Gasteiger partial charge on any atom is -0.497 e. The molecule has 9 heteroatoms. The summed E-state index contributed by atoms with van der Waals surface area (Å²) in [5.41, 5.74) is 3.86. The average molecular weight is 493 g/mol. The Balaban J connectivity index is 1.54. The van der Waals surface area contributed by atoms with Crippen molar-refractivity contribution < 1.29 is 9.53 Å². The van der Waals surface area contributed by atoms with Gasteiger partial charge in [-0.15, -0.1) is 5.10 Å². The van der Waals surface area contributed by atoms with Crippen LogP contribution in [0.4, 0.5) is 10.9 Å². The number of aryl methyl sites for hydroxylation is 1. The van der Waals surface area contributed by atoms with Gasteiger partial charge < -0.3 is 20.3 Å². The monoisotopic (exact) mass is 492 g/mol. The number of hydrogen-bond acceptors (Lipinski definition) is 7. The first-order valence-corrected chi connectivity index (χ1v) is 12.3. The predicted octanol–water partition coefficient (Wildman–Crippen LogP) is 4.74. The SMILES string of the molecule is COc1ccc(-c2nc3sc(N(C)CC(=O)NCc4cccc(C)c4)nn3c2NC(C)(C)C)cc1. The second-order valence-corrected chi connectivity index (χ2v) is 10.5. The number of likely N-dealkylation sites (N-methyl/N-ethyl adjacent to an activating group) is 1. The fourth-order valence-corrected chi connectivity index (χ4v) is 4.53. The third kappa shape index (κ3) is 5.92. The van der Waals surface area contributed by atoms with Gasteiger partial charge in [-0.25, -0.2) is 4.98 Å². The predicted molar refractivity (Wildman–Crippen MR) is 143 cm³/mol. The van der Waals surface area contributed by atoms with E-state index in [9.17, 15) is 4.79 Å². The van der Waals surface area contributed by atoms with E-state index < -0.39 is 0 Å². The Hall–Kier alpha value is -3.59. The van der Waals surface area contributed by atoms with E-state index in [1.54, 1.807) is 7.11 Å². The number of ether oxygens (including phenoxy) is 1. The van der Waals surface area contributed by atoms with Crippen molar-refractivity contribution in [1.82, 2.24) is 19.9 Å². The van der Waals surface area contributed by atoms with E-state index >= 15 is 0 Å². The van der Waals surface area contributed by atoms with Crippen molar-refractivity contribution in [2.75, 3.05) is 30.9 Å². The van der Waals surface area contributed by atoms with Crippen LogP contribution in [-0.2, 0) is 11.3 Å². The first kappa shape index (κ1) is 24.5. The number of carbonyl (C=O) groups excluding carboxylic acids is 1. The number of methoxy groups -OCH3 is 1. The van der Waals surface area contributed by atoms with Gasteiger partial charge in [-0.05, 0) is 57.5 Å². The van der Waals surface area contributed by atoms with Crippen LogP contribution in [-0.4, -0.2) is 46.7 Å². The minimum absolute atomic E-state index is 0.0613. The molecular weight excluding hydrogens is 460 g/mol. The van der Waals surface area contributed by atoms with E-state index in [1.807, 2.05) is 65.9 Å². The average Bonchev–Trinajstić information content (AvgIpc) is 3.36. The Bertz CT molecular complexity index is 1320. The standard InChI is InChI=1S/C26H32N6O2S/c1-17-8-7-9-18(14-17)15-27-21(33)16-31(5)25-30-32-23(29-26(2,3)4)22(28-24(32)35-25)19-10-12-20(34-6)13-11-19/h7-14,29H,15-16H2,1-6H3,(H,27,33). The number of carbonyl (C=O) groups is 1. The molecule has 2 heterocycles. The smallest absolute Gasteiger partial charge is 0.239 e. The lowest BCUT2D eigenvalue weighted by atomic mass is 10.1. The van der Waals surface area contributed by atoms with Gasteiger partial charge in [0.2, 0.25) is 16.0 Å². The minimum atomic E-state index is -0.192. The Morgan fingerprint density at radius 3 is 2.57 bits per heavy atom. The van der Waals surface area contributed by atoms with Gasteiger partial charge in [0.25, 0.3) is 0 Å². The third-order valence-electron chi connectivity index (χ3n) is 5.33. The zero-order valence-electron chi connectivity index (χ0n) is 21.0. The molecule has 0 aliphatic carbocycles. The Morgan fingerprint density at radius 2 is 1.91 bits per heavy atom. The lowest BCUT2D eigenvalue weighted by Crippen LogP contribution is -2.34. The van der Waals surface area contributed by atoms with Crippen molar-refractivity contribution in [1.29, 1.82) is 0 Å². The molecule has 4 rings (SSSR count). The topological polar surface area (TPSA) is 83.8 Å². The van der Waals surface area contributed by atoms with Gasteiger partial charge in [0, 0.05) is 24.7 Å². The van der Waals surface area contributed by atoms with E-state index in [1.165, 1.54) is 16.9 Å². The molecule has 35 heavy (non-hydrogen) atoms. The molecule has 1 amide bonds. The van der Waals surface area contributed by atoms with E-state index in [4.69, 9.17) is 14.8 Å². The molecule has 0 radical (unpaired) electrons.